The van der Waals surface area contributed by atoms with E-state index in [0.717, 1.165) is 27.5 Å². The average Bonchev–Trinajstić information content (AvgIpc) is 2.93. The van der Waals surface area contributed by atoms with Gasteiger partial charge in [-0.3, -0.25) is 0 Å². The smallest absolute Gasteiger partial charge is 0.338 e. The average molecular weight is 304 g/mol. The molecule has 4 rings (SSSR count). The van der Waals surface area contributed by atoms with Gasteiger partial charge in [0.2, 0.25) is 0 Å². The van der Waals surface area contributed by atoms with Crippen molar-refractivity contribution in [3.63, 3.8) is 0 Å². The standard InChI is InChI=1S/C19H12O4/c20-18(21)12-6-7-14-13(8-12)9-15-16(10-23-19(15)22)17(14)11-4-2-1-3-5-11/h1-9H,10H2,(H,20,21). The number of hydrogen-bond acceptors (Lipinski definition) is 3. The number of esters is 1. The number of carbonyl (C=O) groups excluding carboxylic acids is 1. The molecule has 0 fully saturated rings. The molecular formula is C19H12O4. The molecule has 23 heavy (non-hydrogen) atoms. The van der Waals surface area contributed by atoms with Crippen LogP contribution in [-0.4, -0.2) is 17.0 Å². The summed E-state index contributed by atoms with van der Waals surface area (Å²) in [6.45, 7) is 0.245. The number of benzene rings is 3. The van der Waals surface area contributed by atoms with Crippen LogP contribution in [-0.2, 0) is 11.3 Å². The Bertz CT molecular complexity index is 958. The normalized spacial score (nSPS) is 13.0. The van der Waals surface area contributed by atoms with E-state index in [2.05, 4.69) is 0 Å². The molecule has 0 aliphatic carbocycles. The molecule has 0 atom stereocenters. The minimum atomic E-state index is -0.990. The maximum absolute atomic E-state index is 12.0. The van der Waals surface area contributed by atoms with Gasteiger partial charge in [-0.05, 0) is 40.1 Å². The molecule has 1 N–H and O–H groups in total. The predicted molar refractivity (Wildman–Crippen MR) is 85.5 cm³/mol. The molecule has 0 bridgehead atoms. The van der Waals surface area contributed by atoms with Crippen molar-refractivity contribution in [2.75, 3.05) is 0 Å². The second-order valence-electron chi connectivity index (χ2n) is 5.46. The van der Waals surface area contributed by atoms with E-state index in [9.17, 15) is 14.7 Å². The molecule has 4 nitrogen and oxygen atoms in total. The van der Waals surface area contributed by atoms with E-state index in [1.54, 1.807) is 24.3 Å². The highest BCUT2D eigenvalue weighted by Crippen LogP contribution is 2.38. The fourth-order valence-corrected chi connectivity index (χ4v) is 3.06. The van der Waals surface area contributed by atoms with Crippen molar-refractivity contribution in [3.05, 3.63) is 71.3 Å². The molecule has 3 aromatic carbocycles. The number of carboxylic acid groups (broad SMARTS) is 1. The molecule has 0 saturated carbocycles. The van der Waals surface area contributed by atoms with Crippen molar-refractivity contribution in [3.8, 4) is 11.1 Å². The molecule has 0 unspecified atom stereocenters. The summed E-state index contributed by atoms with van der Waals surface area (Å²) < 4.78 is 5.18. The maximum Gasteiger partial charge on any atom is 0.338 e. The first kappa shape index (κ1) is 13.5. The molecule has 1 heterocycles. The predicted octanol–water partition coefficient (Wildman–Crippen LogP) is 3.88. The largest absolute Gasteiger partial charge is 0.478 e. The van der Waals surface area contributed by atoms with E-state index in [-0.39, 0.29) is 18.1 Å². The number of fused-ring (bicyclic) bond motifs is 2. The van der Waals surface area contributed by atoms with Gasteiger partial charge in [-0.25, -0.2) is 9.59 Å². The number of hydrogen-bond donors (Lipinski definition) is 1. The summed E-state index contributed by atoms with van der Waals surface area (Å²) in [4.78, 5) is 23.2. The summed E-state index contributed by atoms with van der Waals surface area (Å²) in [5.74, 6) is -1.35. The Balaban J connectivity index is 2.10. The Kier molecular flexibility index (Phi) is 2.91. The van der Waals surface area contributed by atoms with E-state index in [1.165, 1.54) is 0 Å². The van der Waals surface area contributed by atoms with Crippen molar-refractivity contribution in [2.24, 2.45) is 0 Å². The Morgan fingerprint density at radius 1 is 1.04 bits per heavy atom. The van der Waals surface area contributed by atoms with Gasteiger partial charge in [-0.2, -0.15) is 0 Å². The molecule has 0 saturated heterocycles. The third-order valence-electron chi connectivity index (χ3n) is 4.12. The molecule has 0 aromatic heterocycles. The van der Waals surface area contributed by atoms with Crippen molar-refractivity contribution in [1.29, 1.82) is 0 Å². The first-order valence-electron chi connectivity index (χ1n) is 7.20. The third-order valence-corrected chi connectivity index (χ3v) is 4.12. The quantitative estimate of drug-likeness (QED) is 0.730. The molecule has 0 amide bonds. The third kappa shape index (κ3) is 2.07. The summed E-state index contributed by atoms with van der Waals surface area (Å²) in [5.41, 5.74) is 3.48. The minimum absolute atomic E-state index is 0.197. The maximum atomic E-state index is 12.0. The Hall–Kier alpha value is -3.14. The summed E-state index contributed by atoms with van der Waals surface area (Å²) in [6, 6.07) is 16.4. The van der Waals surface area contributed by atoms with Crippen LogP contribution in [0.25, 0.3) is 21.9 Å². The summed E-state index contributed by atoms with van der Waals surface area (Å²) in [5, 5.41) is 10.8. The van der Waals surface area contributed by atoms with Crippen LogP contribution in [0.4, 0.5) is 0 Å². The highest BCUT2D eigenvalue weighted by atomic mass is 16.5. The van der Waals surface area contributed by atoms with Gasteiger partial charge in [-0.15, -0.1) is 0 Å². The van der Waals surface area contributed by atoms with E-state index in [1.807, 2.05) is 30.3 Å². The molecule has 4 heteroatoms. The zero-order valence-electron chi connectivity index (χ0n) is 12.1. The Morgan fingerprint density at radius 2 is 1.83 bits per heavy atom. The van der Waals surface area contributed by atoms with Crippen LogP contribution in [0.3, 0.4) is 0 Å². The lowest BCUT2D eigenvalue weighted by atomic mass is 9.90. The van der Waals surface area contributed by atoms with Gasteiger partial charge in [0, 0.05) is 5.56 Å². The van der Waals surface area contributed by atoms with Crippen LogP contribution in [0.5, 0.6) is 0 Å². The molecule has 3 aromatic rings. The van der Waals surface area contributed by atoms with Gasteiger partial charge in [-0.1, -0.05) is 36.4 Å². The van der Waals surface area contributed by atoms with Gasteiger partial charge in [0.1, 0.15) is 6.61 Å². The number of cyclic esters (lactones) is 1. The summed E-state index contributed by atoms with van der Waals surface area (Å²) in [6.07, 6.45) is 0. The molecule has 0 radical (unpaired) electrons. The first-order chi connectivity index (χ1) is 11.1. The highest BCUT2D eigenvalue weighted by molar-refractivity contribution is 6.08. The molecule has 1 aliphatic heterocycles. The number of aromatic carboxylic acids is 1. The lowest BCUT2D eigenvalue weighted by molar-refractivity contribution is 0.0535. The van der Waals surface area contributed by atoms with Gasteiger partial charge < -0.3 is 9.84 Å². The van der Waals surface area contributed by atoms with Crippen LogP contribution in [0.2, 0.25) is 0 Å². The lowest BCUT2D eigenvalue weighted by Crippen LogP contribution is -1.98. The highest BCUT2D eigenvalue weighted by Gasteiger charge is 2.26. The first-order valence-corrected chi connectivity index (χ1v) is 7.20. The van der Waals surface area contributed by atoms with Gasteiger partial charge in [0.15, 0.2) is 0 Å². The van der Waals surface area contributed by atoms with E-state index < -0.39 is 5.97 Å². The van der Waals surface area contributed by atoms with Gasteiger partial charge in [0.05, 0.1) is 11.1 Å². The van der Waals surface area contributed by atoms with Crippen LogP contribution in [0, 0.1) is 0 Å². The number of carbonyl (C=O) groups is 2. The zero-order valence-corrected chi connectivity index (χ0v) is 12.1. The second-order valence-corrected chi connectivity index (χ2v) is 5.46. The number of rotatable bonds is 2. The van der Waals surface area contributed by atoms with Crippen molar-refractivity contribution >= 4 is 22.7 Å². The Labute approximate surface area is 131 Å². The summed E-state index contributed by atoms with van der Waals surface area (Å²) >= 11 is 0. The van der Waals surface area contributed by atoms with Crippen LogP contribution < -0.4 is 0 Å². The number of carboxylic acids is 1. The lowest BCUT2D eigenvalue weighted by Gasteiger charge is -2.12. The summed E-state index contributed by atoms with van der Waals surface area (Å²) in [7, 11) is 0. The monoisotopic (exact) mass is 304 g/mol. The minimum Gasteiger partial charge on any atom is -0.478 e. The van der Waals surface area contributed by atoms with Gasteiger partial charge >= 0.3 is 11.9 Å². The zero-order chi connectivity index (χ0) is 16.0. The fraction of sp³-hybridized carbons (Fsp3) is 0.0526. The second kappa shape index (κ2) is 4.95. The number of ether oxygens (including phenoxy) is 1. The van der Waals surface area contributed by atoms with Crippen molar-refractivity contribution in [1.82, 2.24) is 0 Å². The van der Waals surface area contributed by atoms with E-state index in [4.69, 9.17) is 4.74 Å². The van der Waals surface area contributed by atoms with E-state index >= 15 is 0 Å². The van der Waals surface area contributed by atoms with Crippen LogP contribution >= 0.6 is 0 Å². The molecule has 112 valence electrons. The van der Waals surface area contributed by atoms with Crippen molar-refractivity contribution in [2.45, 2.75) is 6.61 Å². The van der Waals surface area contributed by atoms with E-state index in [0.29, 0.717) is 5.56 Å². The fourth-order valence-electron chi connectivity index (χ4n) is 3.06. The molecular weight excluding hydrogens is 292 g/mol. The molecule has 1 aliphatic rings. The topological polar surface area (TPSA) is 63.6 Å². The van der Waals surface area contributed by atoms with Crippen LogP contribution in [0.1, 0.15) is 26.3 Å². The van der Waals surface area contributed by atoms with Gasteiger partial charge in [0.25, 0.3) is 0 Å². The Morgan fingerprint density at radius 3 is 2.57 bits per heavy atom. The van der Waals surface area contributed by atoms with Crippen LogP contribution in [0.15, 0.2) is 54.6 Å². The molecule has 0 spiro atoms. The SMILES string of the molecule is O=C(O)c1ccc2c(-c3ccccc3)c3c(cc2c1)C(=O)OC3. The van der Waals surface area contributed by atoms with Crippen molar-refractivity contribution < 1.29 is 19.4 Å².